The van der Waals surface area contributed by atoms with Gasteiger partial charge in [0.05, 0.1) is 22.3 Å². The van der Waals surface area contributed by atoms with Gasteiger partial charge in [-0.1, -0.05) is 17.7 Å². The molecule has 0 aromatic heterocycles. The SMILES string of the molecule is CN(C)c1c(Cl)cccc1NC(=O)[C@@H]1CCCNC1.Cl.Cl. The standard InChI is InChI=1S/C14H20ClN3O.2ClH/c1-18(2)13-11(15)6-3-7-12(13)17-14(19)10-5-4-8-16-9-10;;/h3,6-7,10,16H,4-5,8-9H2,1-2H3,(H,17,19);2*1H/t10-;;/m1../s1. The molecule has 21 heavy (non-hydrogen) atoms. The molecule has 0 saturated carbocycles. The predicted octanol–water partition coefficient (Wildman–Crippen LogP) is 3.19. The number of carbonyl (C=O) groups excluding carboxylic acids is 1. The summed E-state index contributed by atoms with van der Waals surface area (Å²) in [6.07, 6.45) is 1.99. The molecule has 1 aromatic rings. The van der Waals surface area contributed by atoms with Gasteiger partial charge in [-0.2, -0.15) is 0 Å². The predicted molar refractivity (Wildman–Crippen MR) is 94.5 cm³/mol. The Morgan fingerprint density at radius 2 is 2.10 bits per heavy atom. The number of amides is 1. The lowest BCUT2D eigenvalue weighted by molar-refractivity contribution is -0.120. The monoisotopic (exact) mass is 353 g/mol. The van der Waals surface area contributed by atoms with E-state index in [2.05, 4.69) is 10.6 Å². The van der Waals surface area contributed by atoms with Gasteiger partial charge in [-0.05, 0) is 31.5 Å². The zero-order valence-electron chi connectivity index (χ0n) is 12.2. The lowest BCUT2D eigenvalue weighted by atomic mass is 9.98. The smallest absolute Gasteiger partial charge is 0.228 e. The normalized spacial score (nSPS) is 17.2. The van der Waals surface area contributed by atoms with Gasteiger partial charge in [0.1, 0.15) is 0 Å². The van der Waals surface area contributed by atoms with Crippen LogP contribution in [0.15, 0.2) is 18.2 Å². The van der Waals surface area contributed by atoms with E-state index in [4.69, 9.17) is 11.6 Å². The van der Waals surface area contributed by atoms with Crippen LogP contribution in [0.5, 0.6) is 0 Å². The molecule has 1 heterocycles. The minimum absolute atomic E-state index is 0. The highest BCUT2D eigenvalue weighted by Crippen LogP contribution is 2.32. The van der Waals surface area contributed by atoms with Gasteiger partial charge >= 0.3 is 0 Å². The van der Waals surface area contributed by atoms with Gasteiger partial charge in [0.25, 0.3) is 0 Å². The first kappa shape index (κ1) is 20.3. The number of piperidine rings is 1. The van der Waals surface area contributed by atoms with Crippen molar-refractivity contribution < 1.29 is 4.79 Å². The molecule has 0 radical (unpaired) electrons. The fourth-order valence-corrected chi connectivity index (χ4v) is 2.72. The molecule has 0 spiro atoms. The van der Waals surface area contributed by atoms with E-state index in [0.717, 1.165) is 37.3 Å². The van der Waals surface area contributed by atoms with E-state index in [1.807, 2.05) is 37.2 Å². The third kappa shape index (κ3) is 5.22. The van der Waals surface area contributed by atoms with Crippen LogP contribution < -0.4 is 15.5 Å². The molecule has 1 fully saturated rings. The molecule has 2 N–H and O–H groups in total. The first-order chi connectivity index (χ1) is 9.09. The number of hydrogen-bond donors (Lipinski definition) is 2. The van der Waals surface area contributed by atoms with E-state index in [1.165, 1.54) is 0 Å². The molecule has 1 amide bonds. The van der Waals surface area contributed by atoms with Crippen LogP contribution in [0.4, 0.5) is 11.4 Å². The van der Waals surface area contributed by atoms with Gasteiger partial charge in [0, 0.05) is 20.6 Å². The minimum atomic E-state index is 0. The number of hydrogen-bond acceptors (Lipinski definition) is 3. The summed E-state index contributed by atoms with van der Waals surface area (Å²) in [5.74, 6) is 0.111. The van der Waals surface area contributed by atoms with Gasteiger partial charge in [0.2, 0.25) is 5.91 Å². The van der Waals surface area contributed by atoms with Gasteiger partial charge in [-0.3, -0.25) is 4.79 Å². The molecule has 1 aromatic carbocycles. The summed E-state index contributed by atoms with van der Waals surface area (Å²) in [5.41, 5.74) is 1.62. The Balaban J connectivity index is 0.00000200. The van der Waals surface area contributed by atoms with Crippen LogP contribution in [0.3, 0.4) is 0 Å². The zero-order valence-corrected chi connectivity index (χ0v) is 14.6. The second-order valence-corrected chi connectivity index (χ2v) is 5.47. The number of anilines is 2. The Hall–Kier alpha value is -0.680. The van der Waals surface area contributed by atoms with Crippen LogP contribution in [-0.2, 0) is 4.79 Å². The number of halogens is 3. The van der Waals surface area contributed by atoms with Crippen LogP contribution in [0.2, 0.25) is 5.02 Å². The van der Waals surface area contributed by atoms with Crippen molar-refractivity contribution in [3.05, 3.63) is 23.2 Å². The summed E-state index contributed by atoms with van der Waals surface area (Å²) in [4.78, 5) is 14.2. The van der Waals surface area contributed by atoms with Crippen LogP contribution in [-0.4, -0.2) is 33.1 Å². The number of para-hydroxylation sites is 1. The largest absolute Gasteiger partial charge is 0.375 e. The van der Waals surface area contributed by atoms with E-state index in [0.29, 0.717) is 5.02 Å². The third-order valence-corrected chi connectivity index (χ3v) is 3.66. The Morgan fingerprint density at radius 3 is 2.67 bits per heavy atom. The lowest BCUT2D eigenvalue weighted by Crippen LogP contribution is -2.37. The van der Waals surface area contributed by atoms with Gasteiger partial charge in [-0.15, -0.1) is 24.8 Å². The summed E-state index contributed by atoms with van der Waals surface area (Å²) in [6.45, 7) is 1.76. The first-order valence-corrected chi connectivity index (χ1v) is 6.95. The molecular formula is C14H22Cl3N3O. The van der Waals surface area contributed by atoms with Crippen molar-refractivity contribution in [2.45, 2.75) is 12.8 Å². The van der Waals surface area contributed by atoms with E-state index >= 15 is 0 Å². The van der Waals surface area contributed by atoms with Crippen molar-refractivity contribution in [2.24, 2.45) is 5.92 Å². The molecule has 7 heteroatoms. The van der Waals surface area contributed by atoms with Gasteiger partial charge < -0.3 is 15.5 Å². The second-order valence-electron chi connectivity index (χ2n) is 5.06. The number of nitrogens with zero attached hydrogens (tertiary/aromatic N) is 1. The summed E-state index contributed by atoms with van der Waals surface area (Å²) < 4.78 is 0. The van der Waals surface area contributed by atoms with Crippen molar-refractivity contribution in [1.29, 1.82) is 0 Å². The highest BCUT2D eigenvalue weighted by Gasteiger charge is 2.22. The van der Waals surface area contributed by atoms with Crippen molar-refractivity contribution >= 4 is 53.7 Å². The minimum Gasteiger partial charge on any atom is -0.375 e. The molecule has 1 aliphatic rings. The molecule has 2 rings (SSSR count). The topological polar surface area (TPSA) is 44.4 Å². The Kier molecular flexibility index (Phi) is 9.06. The summed E-state index contributed by atoms with van der Waals surface area (Å²) >= 11 is 6.19. The molecule has 0 aliphatic carbocycles. The number of rotatable bonds is 3. The molecule has 0 bridgehead atoms. The molecule has 120 valence electrons. The van der Waals surface area contributed by atoms with Crippen LogP contribution in [0.1, 0.15) is 12.8 Å². The van der Waals surface area contributed by atoms with Crippen molar-refractivity contribution in [2.75, 3.05) is 37.4 Å². The molecule has 0 unspecified atom stereocenters. The average molecular weight is 355 g/mol. The number of nitrogens with one attached hydrogen (secondary N) is 2. The Bertz CT molecular complexity index is 463. The maximum Gasteiger partial charge on any atom is 0.228 e. The van der Waals surface area contributed by atoms with E-state index in [9.17, 15) is 4.79 Å². The Morgan fingerprint density at radius 1 is 1.38 bits per heavy atom. The Labute approximate surface area is 143 Å². The summed E-state index contributed by atoms with van der Waals surface area (Å²) in [5, 5.41) is 6.89. The number of carbonyl (C=O) groups is 1. The zero-order chi connectivity index (χ0) is 13.8. The molecule has 1 aliphatic heterocycles. The third-order valence-electron chi connectivity index (χ3n) is 3.36. The average Bonchev–Trinajstić information content (AvgIpc) is 2.39. The quantitative estimate of drug-likeness (QED) is 0.876. The fraction of sp³-hybridized carbons (Fsp3) is 0.500. The summed E-state index contributed by atoms with van der Waals surface area (Å²) in [6, 6.07) is 5.56. The maximum absolute atomic E-state index is 12.2. The van der Waals surface area contributed by atoms with Crippen molar-refractivity contribution in [1.82, 2.24) is 5.32 Å². The molecule has 1 saturated heterocycles. The van der Waals surface area contributed by atoms with E-state index in [-0.39, 0.29) is 36.6 Å². The summed E-state index contributed by atoms with van der Waals surface area (Å²) in [7, 11) is 3.83. The molecule has 4 nitrogen and oxygen atoms in total. The lowest BCUT2D eigenvalue weighted by Gasteiger charge is -2.24. The van der Waals surface area contributed by atoms with Crippen molar-refractivity contribution in [3.63, 3.8) is 0 Å². The highest BCUT2D eigenvalue weighted by atomic mass is 35.5. The molecular weight excluding hydrogens is 333 g/mol. The van der Waals surface area contributed by atoms with Crippen LogP contribution >= 0.6 is 36.4 Å². The van der Waals surface area contributed by atoms with Crippen LogP contribution in [0.25, 0.3) is 0 Å². The maximum atomic E-state index is 12.2. The molecule has 1 atom stereocenters. The van der Waals surface area contributed by atoms with E-state index in [1.54, 1.807) is 0 Å². The van der Waals surface area contributed by atoms with Crippen LogP contribution in [0, 0.1) is 5.92 Å². The van der Waals surface area contributed by atoms with Crippen molar-refractivity contribution in [3.8, 4) is 0 Å². The fourth-order valence-electron chi connectivity index (χ4n) is 2.38. The van der Waals surface area contributed by atoms with E-state index < -0.39 is 0 Å². The van der Waals surface area contributed by atoms with Gasteiger partial charge in [0.15, 0.2) is 0 Å². The highest BCUT2D eigenvalue weighted by molar-refractivity contribution is 6.34. The van der Waals surface area contributed by atoms with Gasteiger partial charge in [-0.25, -0.2) is 0 Å². The number of benzene rings is 1. The first-order valence-electron chi connectivity index (χ1n) is 6.57. The second kappa shape index (κ2) is 9.36.